The number of benzene rings is 2. The van der Waals surface area contributed by atoms with E-state index in [9.17, 15) is 0 Å². The Labute approximate surface area is 115 Å². The molecule has 1 unspecified atom stereocenters. The normalized spacial score (nSPS) is 12.2. The SMILES string of the molecule is CNc1ccc(C(NC)c2ccc(C)c(C)c2)cc1. The second-order valence-corrected chi connectivity index (χ2v) is 4.94. The molecule has 2 nitrogen and oxygen atoms in total. The summed E-state index contributed by atoms with van der Waals surface area (Å²) in [6.45, 7) is 4.31. The second-order valence-electron chi connectivity index (χ2n) is 4.94. The van der Waals surface area contributed by atoms with Gasteiger partial charge in [0.15, 0.2) is 0 Å². The first kappa shape index (κ1) is 13.6. The minimum absolute atomic E-state index is 0.241. The van der Waals surface area contributed by atoms with Gasteiger partial charge >= 0.3 is 0 Å². The second kappa shape index (κ2) is 5.89. The van der Waals surface area contributed by atoms with Crippen molar-refractivity contribution < 1.29 is 0 Å². The number of aryl methyl sites for hydroxylation is 2. The molecule has 0 heterocycles. The van der Waals surface area contributed by atoms with Crippen LogP contribution in [0.3, 0.4) is 0 Å². The Morgan fingerprint density at radius 1 is 0.789 bits per heavy atom. The Bertz CT molecular complexity index is 544. The summed E-state index contributed by atoms with van der Waals surface area (Å²) in [6, 6.07) is 15.5. The van der Waals surface area contributed by atoms with Crippen LogP contribution in [0.4, 0.5) is 5.69 Å². The monoisotopic (exact) mass is 254 g/mol. The maximum Gasteiger partial charge on any atom is 0.0574 e. The topological polar surface area (TPSA) is 24.1 Å². The van der Waals surface area contributed by atoms with Gasteiger partial charge in [0, 0.05) is 12.7 Å². The number of anilines is 1. The summed E-state index contributed by atoms with van der Waals surface area (Å²) in [4.78, 5) is 0. The number of nitrogens with one attached hydrogen (secondary N) is 2. The third kappa shape index (κ3) is 2.96. The average Bonchev–Trinajstić information content (AvgIpc) is 2.44. The maximum atomic E-state index is 3.40. The molecule has 2 aromatic rings. The molecule has 100 valence electrons. The van der Waals surface area contributed by atoms with Crippen molar-refractivity contribution in [2.45, 2.75) is 19.9 Å². The number of hydrogen-bond donors (Lipinski definition) is 2. The largest absolute Gasteiger partial charge is 0.388 e. The summed E-state index contributed by atoms with van der Waals surface area (Å²) in [5.74, 6) is 0. The first-order valence-corrected chi connectivity index (χ1v) is 6.68. The highest BCUT2D eigenvalue weighted by Crippen LogP contribution is 2.24. The summed E-state index contributed by atoms with van der Waals surface area (Å²) in [6.07, 6.45) is 0. The standard InChI is InChI=1S/C17H22N2/c1-12-5-6-15(11-13(12)2)17(19-4)14-7-9-16(18-3)10-8-14/h5-11,17-19H,1-4H3. The molecule has 0 radical (unpaired) electrons. The van der Waals surface area contributed by atoms with Crippen LogP contribution in [-0.2, 0) is 0 Å². The van der Waals surface area contributed by atoms with E-state index in [2.05, 4.69) is 66.9 Å². The fourth-order valence-corrected chi connectivity index (χ4v) is 2.31. The van der Waals surface area contributed by atoms with Crippen molar-refractivity contribution in [3.05, 3.63) is 64.7 Å². The van der Waals surface area contributed by atoms with Crippen molar-refractivity contribution >= 4 is 5.69 Å². The summed E-state index contributed by atoms with van der Waals surface area (Å²) in [5, 5.41) is 6.55. The Morgan fingerprint density at radius 3 is 1.95 bits per heavy atom. The van der Waals surface area contributed by atoms with Crippen LogP contribution in [0.5, 0.6) is 0 Å². The lowest BCUT2D eigenvalue weighted by Gasteiger charge is -2.19. The molecule has 0 aliphatic rings. The first-order valence-electron chi connectivity index (χ1n) is 6.68. The molecule has 0 saturated heterocycles. The lowest BCUT2D eigenvalue weighted by atomic mass is 9.95. The lowest BCUT2D eigenvalue weighted by Crippen LogP contribution is -2.17. The maximum absolute atomic E-state index is 3.40. The van der Waals surface area contributed by atoms with E-state index in [0.29, 0.717) is 0 Å². The summed E-state index contributed by atoms with van der Waals surface area (Å²) >= 11 is 0. The Morgan fingerprint density at radius 2 is 1.42 bits per heavy atom. The van der Waals surface area contributed by atoms with Gasteiger partial charge in [-0.1, -0.05) is 30.3 Å². The third-order valence-corrected chi connectivity index (χ3v) is 3.69. The van der Waals surface area contributed by atoms with E-state index >= 15 is 0 Å². The van der Waals surface area contributed by atoms with E-state index in [1.807, 2.05) is 14.1 Å². The molecule has 2 heteroatoms. The van der Waals surface area contributed by atoms with Crippen molar-refractivity contribution in [2.24, 2.45) is 0 Å². The summed E-state index contributed by atoms with van der Waals surface area (Å²) < 4.78 is 0. The molecule has 19 heavy (non-hydrogen) atoms. The van der Waals surface area contributed by atoms with E-state index in [0.717, 1.165) is 5.69 Å². The van der Waals surface area contributed by atoms with Crippen molar-refractivity contribution in [2.75, 3.05) is 19.4 Å². The van der Waals surface area contributed by atoms with Gasteiger partial charge in [-0.15, -0.1) is 0 Å². The minimum atomic E-state index is 0.241. The van der Waals surface area contributed by atoms with Crippen LogP contribution in [-0.4, -0.2) is 14.1 Å². The van der Waals surface area contributed by atoms with E-state index < -0.39 is 0 Å². The predicted octanol–water partition coefficient (Wildman–Crippen LogP) is 3.65. The van der Waals surface area contributed by atoms with Gasteiger partial charge in [-0.3, -0.25) is 0 Å². The molecule has 0 aromatic heterocycles. The molecule has 0 fully saturated rings. The molecule has 2 N–H and O–H groups in total. The summed E-state index contributed by atoms with van der Waals surface area (Å²) in [5.41, 5.74) is 6.40. The van der Waals surface area contributed by atoms with Gasteiger partial charge in [0.05, 0.1) is 6.04 Å². The number of rotatable bonds is 4. The van der Waals surface area contributed by atoms with E-state index in [1.165, 1.54) is 22.3 Å². The fraction of sp³-hybridized carbons (Fsp3) is 0.294. The molecule has 0 saturated carbocycles. The zero-order chi connectivity index (χ0) is 13.8. The fourth-order valence-electron chi connectivity index (χ4n) is 2.31. The third-order valence-electron chi connectivity index (χ3n) is 3.69. The van der Waals surface area contributed by atoms with E-state index in [4.69, 9.17) is 0 Å². The predicted molar refractivity (Wildman–Crippen MR) is 82.8 cm³/mol. The highest BCUT2D eigenvalue weighted by molar-refractivity contribution is 5.46. The zero-order valence-corrected chi connectivity index (χ0v) is 12.1. The summed E-state index contributed by atoms with van der Waals surface area (Å²) in [7, 11) is 3.94. The van der Waals surface area contributed by atoms with Gasteiger partial charge in [-0.05, 0) is 55.3 Å². The smallest absolute Gasteiger partial charge is 0.0574 e. The van der Waals surface area contributed by atoms with Crippen molar-refractivity contribution in [1.82, 2.24) is 5.32 Å². The Balaban J connectivity index is 2.34. The molecule has 0 amide bonds. The van der Waals surface area contributed by atoms with Gasteiger partial charge in [-0.25, -0.2) is 0 Å². The van der Waals surface area contributed by atoms with Crippen LogP contribution >= 0.6 is 0 Å². The van der Waals surface area contributed by atoms with E-state index in [1.54, 1.807) is 0 Å². The number of hydrogen-bond acceptors (Lipinski definition) is 2. The molecule has 0 bridgehead atoms. The van der Waals surface area contributed by atoms with Gasteiger partial charge in [0.25, 0.3) is 0 Å². The highest BCUT2D eigenvalue weighted by atomic mass is 14.9. The van der Waals surface area contributed by atoms with Gasteiger partial charge in [0.2, 0.25) is 0 Å². The molecule has 0 aliphatic heterocycles. The molecular weight excluding hydrogens is 232 g/mol. The van der Waals surface area contributed by atoms with Crippen molar-refractivity contribution in [3.63, 3.8) is 0 Å². The van der Waals surface area contributed by atoms with Gasteiger partial charge in [-0.2, -0.15) is 0 Å². The van der Waals surface area contributed by atoms with Crippen LogP contribution in [0, 0.1) is 13.8 Å². The van der Waals surface area contributed by atoms with Crippen LogP contribution in [0.15, 0.2) is 42.5 Å². The molecule has 0 aliphatic carbocycles. The quantitative estimate of drug-likeness (QED) is 0.870. The first-order chi connectivity index (χ1) is 9.15. The Kier molecular flexibility index (Phi) is 4.23. The van der Waals surface area contributed by atoms with Crippen LogP contribution in [0.2, 0.25) is 0 Å². The van der Waals surface area contributed by atoms with Crippen LogP contribution < -0.4 is 10.6 Å². The van der Waals surface area contributed by atoms with Crippen LogP contribution in [0.25, 0.3) is 0 Å². The van der Waals surface area contributed by atoms with Crippen molar-refractivity contribution in [1.29, 1.82) is 0 Å². The van der Waals surface area contributed by atoms with E-state index in [-0.39, 0.29) is 6.04 Å². The molecule has 0 spiro atoms. The average molecular weight is 254 g/mol. The van der Waals surface area contributed by atoms with Crippen molar-refractivity contribution in [3.8, 4) is 0 Å². The van der Waals surface area contributed by atoms with Crippen LogP contribution in [0.1, 0.15) is 28.3 Å². The zero-order valence-electron chi connectivity index (χ0n) is 12.1. The van der Waals surface area contributed by atoms with Gasteiger partial charge < -0.3 is 10.6 Å². The molecular formula is C17H22N2. The lowest BCUT2D eigenvalue weighted by molar-refractivity contribution is 0.691. The minimum Gasteiger partial charge on any atom is -0.388 e. The molecule has 2 rings (SSSR count). The Hall–Kier alpha value is -1.80. The molecule has 2 aromatic carbocycles. The van der Waals surface area contributed by atoms with Gasteiger partial charge in [0.1, 0.15) is 0 Å². The highest BCUT2D eigenvalue weighted by Gasteiger charge is 2.12. The molecule has 1 atom stereocenters.